The number of fused-ring (bicyclic) bond motifs is 1. The zero-order valence-electron chi connectivity index (χ0n) is 16.4. The van der Waals surface area contributed by atoms with Gasteiger partial charge in [0, 0.05) is 17.0 Å². The lowest BCUT2D eigenvalue weighted by molar-refractivity contribution is -0.118. The average Bonchev–Trinajstić information content (AvgIpc) is 3.19. The van der Waals surface area contributed by atoms with E-state index >= 15 is 0 Å². The largest absolute Gasteiger partial charge is 0.482 e. The third-order valence-corrected chi connectivity index (χ3v) is 6.66. The van der Waals surface area contributed by atoms with Crippen LogP contribution in [0, 0.1) is 6.92 Å². The molecule has 0 fully saturated rings. The van der Waals surface area contributed by atoms with Crippen LogP contribution in [0.3, 0.4) is 0 Å². The van der Waals surface area contributed by atoms with Crippen LogP contribution in [0.2, 0.25) is 5.02 Å². The number of aliphatic imine (C=N–C) groups is 1. The van der Waals surface area contributed by atoms with Crippen LogP contribution >= 0.6 is 34.7 Å². The van der Waals surface area contributed by atoms with Crippen LogP contribution in [0.5, 0.6) is 5.75 Å². The number of halogens is 1. The van der Waals surface area contributed by atoms with Gasteiger partial charge in [0.2, 0.25) is 5.13 Å². The van der Waals surface area contributed by atoms with Gasteiger partial charge in [0.05, 0.1) is 17.1 Å². The summed E-state index contributed by atoms with van der Waals surface area (Å²) in [5.41, 5.74) is 3.22. The molecule has 0 spiro atoms. The van der Waals surface area contributed by atoms with Gasteiger partial charge in [-0.25, -0.2) is 0 Å². The van der Waals surface area contributed by atoms with Crippen molar-refractivity contribution in [2.75, 3.05) is 17.7 Å². The summed E-state index contributed by atoms with van der Waals surface area (Å²) < 4.78 is 6.08. The number of nitrogens with one attached hydrogen (secondary N) is 1. The molecule has 10 heteroatoms. The Labute approximate surface area is 191 Å². The molecule has 1 amide bonds. The summed E-state index contributed by atoms with van der Waals surface area (Å²) in [6.45, 7) is 1.76. The fraction of sp³-hybridized carbons (Fsp3) is 0.190. The Morgan fingerprint density at radius 1 is 1.26 bits per heavy atom. The Morgan fingerprint density at radius 3 is 2.94 bits per heavy atom. The summed E-state index contributed by atoms with van der Waals surface area (Å²) in [6, 6.07) is 12.6. The summed E-state index contributed by atoms with van der Waals surface area (Å²) in [5.74, 6) is 0.680. The third kappa shape index (κ3) is 5.49. The molecule has 0 atom stereocenters. The minimum atomic E-state index is -0.359. The highest BCUT2D eigenvalue weighted by atomic mass is 35.5. The highest BCUT2D eigenvalue weighted by Crippen LogP contribution is 2.30. The van der Waals surface area contributed by atoms with Crippen molar-refractivity contribution in [1.82, 2.24) is 10.2 Å². The van der Waals surface area contributed by atoms with E-state index in [1.807, 2.05) is 25.1 Å². The smallest absolute Gasteiger partial charge is 0.264 e. The van der Waals surface area contributed by atoms with Crippen molar-refractivity contribution in [3.8, 4) is 5.75 Å². The molecule has 1 N–H and O–H groups in total. The molecule has 1 aromatic heterocycles. The number of aryl methyl sites for hydroxylation is 1. The van der Waals surface area contributed by atoms with E-state index in [2.05, 4.69) is 20.5 Å². The normalized spacial score (nSPS) is 12.8. The quantitative estimate of drug-likeness (QED) is 0.385. The molecule has 0 saturated carbocycles. The second-order valence-corrected chi connectivity index (χ2v) is 9.33. The molecule has 158 valence electrons. The minimum absolute atomic E-state index is 0.0769. The number of thioether (sulfide) groups is 1. The zero-order valence-corrected chi connectivity index (χ0v) is 18.8. The maximum absolute atomic E-state index is 12.4. The molecule has 2 aromatic carbocycles. The first kappa shape index (κ1) is 21.5. The molecule has 1 aliphatic rings. The average molecular weight is 473 g/mol. The third-order valence-electron chi connectivity index (χ3n) is 4.31. The predicted molar refractivity (Wildman–Crippen MR) is 123 cm³/mol. The van der Waals surface area contributed by atoms with Crippen molar-refractivity contribution in [3.63, 3.8) is 0 Å². The van der Waals surface area contributed by atoms with Gasteiger partial charge < -0.3 is 4.74 Å². The first-order valence-electron chi connectivity index (χ1n) is 9.32. The number of nitrogens with zero attached hydrogens (tertiary/aromatic N) is 3. The van der Waals surface area contributed by atoms with E-state index in [4.69, 9.17) is 16.3 Å². The Morgan fingerprint density at radius 2 is 2.10 bits per heavy atom. The summed E-state index contributed by atoms with van der Waals surface area (Å²) in [5, 5.41) is 11.5. The van der Waals surface area contributed by atoms with E-state index < -0.39 is 0 Å². The number of para-hydroxylation sites is 1. The number of aromatic nitrogens is 2. The van der Waals surface area contributed by atoms with Gasteiger partial charge in [-0.2, -0.15) is 0 Å². The number of amides is 1. The SMILES string of the molecule is Cc1ccc2c(c1)C(=O)CC(CSc1nnc(NC(=O)COc3ccccc3Cl)s1)=N2. The van der Waals surface area contributed by atoms with E-state index in [0.717, 1.165) is 11.3 Å². The number of hydrogen-bond donors (Lipinski definition) is 1. The van der Waals surface area contributed by atoms with Crippen LogP contribution in [-0.4, -0.2) is 40.0 Å². The highest BCUT2D eigenvalue weighted by Gasteiger charge is 2.20. The molecule has 4 rings (SSSR count). The first-order chi connectivity index (χ1) is 15.0. The Hall–Kier alpha value is -2.75. The Bertz CT molecular complexity index is 1180. The molecule has 0 aliphatic carbocycles. The number of ether oxygens (including phenoxy) is 1. The molecule has 2 heterocycles. The number of ketones is 1. The van der Waals surface area contributed by atoms with Crippen molar-refractivity contribution < 1.29 is 14.3 Å². The van der Waals surface area contributed by atoms with E-state index in [1.54, 1.807) is 24.3 Å². The van der Waals surface area contributed by atoms with Crippen LogP contribution in [-0.2, 0) is 4.79 Å². The van der Waals surface area contributed by atoms with Crippen molar-refractivity contribution >= 4 is 62.9 Å². The molecule has 0 saturated heterocycles. The lowest BCUT2D eigenvalue weighted by atomic mass is 9.99. The fourth-order valence-corrected chi connectivity index (χ4v) is 4.76. The lowest BCUT2D eigenvalue weighted by Gasteiger charge is -2.14. The second kappa shape index (κ2) is 9.59. The zero-order chi connectivity index (χ0) is 21.8. The van der Waals surface area contributed by atoms with Gasteiger partial charge in [0.15, 0.2) is 16.7 Å². The van der Waals surface area contributed by atoms with E-state index in [1.165, 1.54) is 23.1 Å². The fourth-order valence-electron chi connectivity index (χ4n) is 2.87. The molecule has 0 bridgehead atoms. The molecule has 1 aliphatic heterocycles. The number of Topliss-reactive ketones (excluding diaryl/α,β-unsaturated/α-hetero) is 1. The molecular formula is C21H17ClN4O3S2. The van der Waals surface area contributed by atoms with Gasteiger partial charge in [-0.1, -0.05) is 58.5 Å². The first-order valence-corrected chi connectivity index (χ1v) is 11.5. The number of rotatable bonds is 7. The number of carbonyl (C=O) groups is 2. The van der Waals surface area contributed by atoms with Gasteiger partial charge in [-0.05, 0) is 31.2 Å². The Kier molecular flexibility index (Phi) is 6.64. The summed E-state index contributed by atoms with van der Waals surface area (Å²) >= 11 is 8.68. The van der Waals surface area contributed by atoms with Crippen LogP contribution in [0.25, 0.3) is 0 Å². The van der Waals surface area contributed by atoms with Crippen molar-refractivity contribution in [2.45, 2.75) is 17.7 Å². The van der Waals surface area contributed by atoms with Gasteiger partial charge in [-0.15, -0.1) is 10.2 Å². The van der Waals surface area contributed by atoms with Gasteiger partial charge in [0.25, 0.3) is 5.91 Å². The monoisotopic (exact) mass is 472 g/mol. The molecule has 3 aromatic rings. The van der Waals surface area contributed by atoms with Crippen molar-refractivity contribution in [2.24, 2.45) is 4.99 Å². The number of benzene rings is 2. The Balaban J connectivity index is 1.30. The second-order valence-electron chi connectivity index (χ2n) is 6.73. The number of anilines is 1. The lowest BCUT2D eigenvalue weighted by Crippen LogP contribution is -2.20. The van der Waals surface area contributed by atoms with Crippen molar-refractivity contribution in [3.05, 3.63) is 58.6 Å². The number of carbonyl (C=O) groups excluding carboxylic acids is 2. The van der Waals surface area contributed by atoms with E-state index in [0.29, 0.717) is 43.7 Å². The topological polar surface area (TPSA) is 93.5 Å². The van der Waals surface area contributed by atoms with Crippen molar-refractivity contribution in [1.29, 1.82) is 0 Å². The molecule has 31 heavy (non-hydrogen) atoms. The van der Waals surface area contributed by atoms with Crippen LogP contribution in [0.4, 0.5) is 10.8 Å². The highest BCUT2D eigenvalue weighted by molar-refractivity contribution is 8.01. The molecule has 0 unspecified atom stereocenters. The van der Waals surface area contributed by atoms with Crippen LogP contribution in [0.1, 0.15) is 22.3 Å². The predicted octanol–water partition coefficient (Wildman–Crippen LogP) is 4.97. The summed E-state index contributed by atoms with van der Waals surface area (Å²) in [6.07, 6.45) is 0.297. The summed E-state index contributed by atoms with van der Waals surface area (Å²) in [4.78, 5) is 29.1. The van der Waals surface area contributed by atoms with Crippen LogP contribution < -0.4 is 10.1 Å². The standard InChI is InChI=1S/C21H17ClN4O3S2/c1-12-6-7-16-14(8-12)17(27)9-13(23-16)11-30-21-26-25-20(31-21)24-19(28)10-29-18-5-3-2-4-15(18)22/h2-8H,9-11H2,1H3,(H,24,25,28). The van der Waals surface area contributed by atoms with Gasteiger partial charge in [-0.3, -0.25) is 19.9 Å². The van der Waals surface area contributed by atoms with Gasteiger partial charge in [0.1, 0.15) is 5.75 Å². The van der Waals surface area contributed by atoms with E-state index in [-0.39, 0.29) is 18.3 Å². The molecule has 0 radical (unpaired) electrons. The maximum Gasteiger partial charge on any atom is 0.264 e. The van der Waals surface area contributed by atoms with E-state index in [9.17, 15) is 9.59 Å². The number of hydrogen-bond acceptors (Lipinski definition) is 8. The maximum atomic E-state index is 12.4. The summed E-state index contributed by atoms with van der Waals surface area (Å²) in [7, 11) is 0. The molecule has 7 nitrogen and oxygen atoms in total. The minimum Gasteiger partial charge on any atom is -0.482 e. The van der Waals surface area contributed by atoms with Gasteiger partial charge >= 0.3 is 0 Å². The molecular weight excluding hydrogens is 456 g/mol. The van der Waals surface area contributed by atoms with Crippen LogP contribution in [0.15, 0.2) is 51.8 Å².